The van der Waals surface area contributed by atoms with Gasteiger partial charge in [0, 0.05) is 33.5 Å². The van der Waals surface area contributed by atoms with Gasteiger partial charge in [-0.1, -0.05) is 206 Å². The highest BCUT2D eigenvalue weighted by Crippen LogP contribution is 2.63. The standard InChI is InChI=1S/C67H44N2/c1-3-19-47(20-4-1)68(48-21-5-2-6-22-48)49-41-37-45(38-42-49)46-39-43-50(44-40-46)69-63-35-16-12-28-58(63)66-56(30-18-36-64(66)69)55-29-17-34-62-65(55)57-27-11-15-33-61(57)67(62)59-31-13-9-25-53(59)51-23-7-8-24-52(51)54-26-10-14-32-60(54)67/h1-44H. The maximum atomic E-state index is 2.45. The first-order valence-electron chi connectivity index (χ1n) is 23.9. The van der Waals surface area contributed by atoms with Gasteiger partial charge >= 0.3 is 0 Å². The smallest absolute Gasteiger partial charge is 0.0725 e. The van der Waals surface area contributed by atoms with Crippen LogP contribution in [0.15, 0.2) is 267 Å². The molecule has 12 aromatic rings. The van der Waals surface area contributed by atoms with E-state index in [-0.39, 0.29) is 0 Å². The van der Waals surface area contributed by atoms with E-state index in [9.17, 15) is 0 Å². The van der Waals surface area contributed by atoms with E-state index in [2.05, 4.69) is 276 Å². The Morgan fingerprint density at radius 3 is 1.32 bits per heavy atom. The number of rotatable bonds is 6. The lowest BCUT2D eigenvalue weighted by Crippen LogP contribution is -2.29. The second kappa shape index (κ2) is 15.6. The Morgan fingerprint density at radius 1 is 0.275 bits per heavy atom. The Kier molecular flexibility index (Phi) is 8.84. The van der Waals surface area contributed by atoms with Crippen LogP contribution in [0.3, 0.4) is 0 Å². The van der Waals surface area contributed by atoms with Gasteiger partial charge in [0.15, 0.2) is 0 Å². The molecule has 0 saturated heterocycles. The van der Waals surface area contributed by atoms with E-state index >= 15 is 0 Å². The van der Waals surface area contributed by atoms with Crippen LogP contribution in [0.2, 0.25) is 0 Å². The zero-order valence-electron chi connectivity index (χ0n) is 37.8. The second-order valence-electron chi connectivity index (χ2n) is 18.3. The topological polar surface area (TPSA) is 8.17 Å². The van der Waals surface area contributed by atoms with Crippen molar-refractivity contribution >= 4 is 38.9 Å². The van der Waals surface area contributed by atoms with Crippen LogP contribution in [-0.2, 0) is 5.41 Å². The summed E-state index contributed by atoms with van der Waals surface area (Å²) in [6, 6.07) is 98.5. The Bertz CT molecular complexity index is 3830. The largest absolute Gasteiger partial charge is 0.311 e. The lowest BCUT2D eigenvalue weighted by molar-refractivity contribution is 0.775. The summed E-state index contributed by atoms with van der Waals surface area (Å²) in [5.74, 6) is 0. The number of hydrogen-bond donors (Lipinski definition) is 0. The number of anilines is 3. The fourth-order valence-electron chi connectivity index (χ4n) is 12.1. The predicted molar refractivity (Wildman–Crippen MR) is 288 cm³/mol. The van der Waals surface area contributed by atoms with Crippen LogP contribution in [0.25, 0.3) is 83.1 Å². The SMILES string of the molecule is c1ccc(N(c2ccccc2)c2ccc(-c3ccc(-n4c5ccccc5c5c(-c6cccc7c6-c6ccccc6C76c7ccccc7-c7ccccc7-c7ccccc76)cccc54)cc3)cc2)cc1. The molecule has 2 nitrogen and oxygen atoms in total. The number of aromatic nitrogens is 1. The summed E-state index contributed by atoms with van der Waals surface area (Å²) in [6.07, 6.45) is 0. The van der Waals surface area contributed by atoms with Crippen molar-refractivity contribution in [3.63, 3.8) is 0 Å². The summed E-state index contributed by atoms with van der Waals surface area (Å²) in [6.45, 7) is 0. The van der Waals surface area contributed by atoms with Gasteiger partial charge in [0.1, 0.15) is 0 Å². The molecule has 0 atom stereocenters. The van der Waals surface area contributed by atoms with Gasteiger partial charge in [-0.25, -0.2) is 0 Å². The average Bonchev–Trinajstić information content (AvgIpc) is 3.89. The van der Waals surface area contributed by atoms with Crippen molar-refractivity contribution in [2.45, 2.75) is 5.41 Å². The van der Waals surface area contributed by atoms with Gasteiger partial charge in [-0.3, -0.25) is 0 Å². The molecule has 322 valence electrons. The lowest BCUT2D eigenvalue weighted by atomic mass is 9.66. The summed E-state index contributed by atoms with van der Waals surface area (Å²) in [5.41, 5.74) is 24.2. The Balaban J connectivity index is 0.917. The fraction of sp³-hybridized carbons (Fsp3) is 0.0149. The van der Waals surface area contributed by atoms with Crippen LogP contribution in [0.5, 0.6) is 0 Å². The van der Waals surface area contributed by atoms with Crippen LogP contribution < -0.4 is 4.90 Å². The molecule has 2 heteroatoms. The van der Waals surface area contributed by atoms with Crippen molar-refractivity contribution in [3.05, 3.63) is 289 Å². The maximum Gasteiger partial charge on any atom is 0.0725 e. The monoisotopic (exact) mass is 876 g/mol. The zero-order valence-corrected chi connectivity index (χ0v) is 37.8. The molecule has 69 heavy (non-hydrogen) atoms. The van der Waals surface area contributed by atoms with Crippen LogP contribution in [-0.4, -0.2) is 4.57 Å². The molecular formula is C67H44N2. The molecule has 0 unspecified atom stereocenters. The van der Waals surface area contributed by atoms with E-state index in [1.54, 1.807) is 0 Å². The van der Waals surface area contributed by atoms with E-state index in [1.165, 1.54) is 99.7 Å². The van der Waals surface area contributed by atoms with Gasteiger partial charge in [0.05, 0.1) is 16.4 Å². The molecular weight excluding hydrogens is 833 g/mol. The maximum absolute atomic E-state index is 2.45. The van der Waals surface area contributed by atoms with Crippen LogP contribution in [0, 0.1) is 0 Å². The van der Waals surface area contributed by atoms with Crippen LogP contribution in [0.4, 0.5) is 17.1 Å². The Labute approximate surface area is 402 Å². The third kappa shape index (κ3) is 5.79. The highest BCUT2D eigenvalue weighted by molar-refractivity contribution is 6.17. The first kappa shape index (κ1) is 39.2. The van der Waals surface area contributed by atoms with Crippen molar-refractivity contribution < 1.29 is 0 Å². The minimum atomic E-state index is -0.540. The molecule has 14 rings (SSSR count). The lowest BCUT2D eigenvalue weighted by Gasteiger charge is -2.35. The van der Waals surface area contributed by atoms with E-state index in [1.807, 2.05) is 0 Å². The molecule has 0 saturated carbocycles. The summed E-state index contributed by atoms with van der Waals surface area (Å²) < 4.78 is 2.45. The summed E-state index contributed by atoms with van der Waals surface area (Å²) in [7, 11) is 0. The molecule has 0 N–H and O–H groups in total. The summed E-state index contributed by atoms with van der Waals surface area (Å²) in [4.78, 5) is 2.30. The summed E-state index contributed by atoms with van der Waals surface area (Å²) >= 11 is 0. The molecule has 11 aromatic carbocycles. The Morgan fingerprint density at radius 2 is 0.696 bits per heavy atom. The van der Waals surface area contributed by atoms with Gasteiger partial charge in [-0.15, -0.1) is 0 Å². The van der Waals surface area contributed by atoms with Crippen LogP contribution in [0.1, 0.15) is 22.3 Å². The van der Waals surface area contributed by atoms with Crippen LogP contribution >= 0.6 is 0 Å². The Hall–Kier alpha value is -8.98. The van der Waals surface area contributed by atoms with Gasteiger partial charge < -0.3 is 9.47 Å². The number of fused-ring (bicyclic) bond motifs is 15. The molecule has 0 amide bonds. The normalized spacial score (nSPS) is 12.8. The molecule has 1 aromatic heterocycles. The molecule has 2 aliphatic rings. The average molecular weight is 877 g/mol. The van der Waals surface area contributed by atoms with Crippen molar-refractivity contribution in [1.29, 1.82) is 0 Å². The van der Waals surface area contributed by atoms with E-state index in [0.29, 0.717) is 0 Å². The van der Waals surface area contributed by atoms with Crippen molar-refractivity contribution in [2.24, 2.45) is 0 Å². The highest BCUT2D eigenvalue weighted by atomic mass is 15.1. The minimum absolute atomic E-state index is 0.540. The molecule has 2 aliphatic carbocycles. The summed E-state index contributed by atoms with van der Waals surface area (Å²) in [5, 5.41) is 2.50. The zero-order chi connectivity index (χ0) is 45.5. The number of para-hydroxylation sites is 3. The number of nitrogens with zero attached hydrogens (tertiary/aromatic N) is 2. The number of hydrogen-bond acceptors (Lipinski definition) is 1. The molecule has 0 fully saturated rings. The van der Waals surface area contributed by atoms with Gasteiger partial charge in [-0.2, -0.15) is 0 Å². The molecule has 0 bridgehead atoms. The van der Waals surface area contributed by atoms with Gasteiger partial charge in [0.25, 0.3) is 0 Å². The second-order valence-corrected chi connectivity index (χ2v) is 18.3. The highest BCUT2D eigenvalue weighted by Gasteiger charge is 2.50. The van der Waals surface area contributed by atoms with Crippen molar-refractivity contribution in [1.82, 2.24) is 4.57 Å². The molecule has 0 aliphatic heterocycles. The fourth-order valence-corrected chi connectivity index (χ4v) is 12.1. The van der Waals surface area contributed by atoms with Crippen molar-refractivity contribution in [3.8, 4) is 61.3 Å². The van der Waals surface area contributed by atoms with E-state index < -0.39 is 5.41 Å². The minimum Gasteiger partial charge on any atom is -0.311 e. The third-order valence-electron chi connectivity index (χ3n) is 14.8. The van der Waals surface area contributed by atoms with E-state index in [0.717, 1.165) is 22.7 Å². The molecule has 1 heterocycles. The quantitative estimate of drug-likeness (QED) is 0.162. The van der Waals surface area contributed by atoms with E-state index in [4.69, 9.17) is 0 Å². The van der Waals surface area contributed by atoms with Gasteiger partial charge in [0.2, 0.25) is 0 Å². The first-order valence-corrected chi connectivity index (χ1v) is 23.9. The first-order chi connectivity index (χ1) is 34.3. The van der Waals surface area contributed by atoms with Crippen molar-refractivity contribution in [2.75, 3.05) is 4.90 Å². The number of benzene rings is 11. The molecule has 1 spiro atoms. The van der Waals surface area contributed by atoms with Gasteiger partial charge in [-0.05, 0) is 139 Å². The third-order valence-corrected chi connectivity index (χ3v) is 14.8. The molecule has 0 radical (unpaired) electrons. The predicted octanol–water partition coefficient (Wildman–Crippen LogP) is 17.6.